The number of nitrogens with zero attached hydrogens (tertiary/aromatic N) is 1. The average molecular weight is 485 g/mol. The number of benzene rings is 2. The molecule has 0 aromatic heterocycles. The molecule has 0 saturated heterocycles. The Morgan fingerprint density at radius 3 is 2.40 bits per heavy atom. The number of nitrogens with two attached hydrogens (primary N) is 1. The monoisotopic (exact) mass is 484 g/mol. The first kappa shape index (κ1) is 27.5. The summed E-state index contributed by atoms with van der Waals surface area (Å²) < 4.78 is 15.8. The lowest BCUT2D eigenvalue weighted by Gasteiger charge is -2.18. The number of carbonyl (C=O) groups is 2. The third kappa shape index (κ3) is 8.84. The Bertz CT molecular complexity index is 1020. The minimum atomic E-state index is -0.734. The second-order valence-corrected chi connectivity index (χ2v) is 8.26. The maximum atomic E-state index is 13.0. The molecule has 0 bridgehead atoms. The number of nitrogens with one attached hydrogen (secondary N) is 2. The highest BCUT2D eigenvalue weighted by Crippen LogP contribution is 2.27. The summed E-state index contributed by atoms with van der Waals surface area (Å²) in [4.78, 5) is 29.7. The van der Waals surface area contributed by atoms with E-state index in [1.807, 2.05) is 32.0 Å². The van der Waals surface area contributed by atoms with Crippen LogP contribution in [0, 0.1) is 5.92 Å². The van der Waals surface area contributed by atoms with Crippen LogP contribution in [0.25, 0.3) is 0 Å². The summed E-state index contributed by atoms with van der Waals surface area (Å²) in [6, 6.07) is 11.9. The number of hydrogen-bond donors (Lipinski definition) is 3. The van der Waals surface area contributed by atoms with Crippen LogP contribution in [-0.4, -0.2) is 45.1 Å². The van der Waals surface area contributed by atoms with Crippen molar-refractivity contribution in [3.8, 4) is 17.2 Å². The third-order valence-electron chi connectivity index (χ3n) is 5.60. The van der Waals surface area contributed by atoms with Gasteiger partial charge in [-0.25, -0.2) is 4.99 Å². The van der Waals surface area contributed by atoms with Gasteiger partial charge in [0, 0.05) is 6.54 Å². The smallest absolute Gasteiger partial charge is 0.245 e. The van der Waals surface area contributed by atoms with Gasteiger partial charge >= 0.3 is 0 Å². The molecule has 2 rings (SSSR count). The standard InChI is InChI=1S/C26H36N4O5/c1-6-17(2)12-21(25(32)28-16-19-10-11-22(34-4)23(14-19)35-5)29-26(27)30-24(31)15-18-8-7-9-20(13-18)33-3/h7-11,13-14,17,21H,6,12,15-16H2,1-5H3,(H,28,32)(H3,27,29,30,31)/t17?,21-/m1/s1. The Morgan fingerprint density at radius 2 is 1.74 bits per heavy atom. The third-order valence-corrected chi connectivity index (χ3v) is 5.60. The molecular formula is C26H36N4O5. The second kappa shape index (κ2) is 13.8. The van der Waals surface area contributed by atoms with E-state index in [0.29, 0.717) is 23.7 Å². The Balaban J connectivity index is 2.05. The van der Waals surface area contributed by atoms with Crippen molar-refractivity contribution in [2.24, 2.45) is 16.6 Å². The number of rotatable bonds is 12. The summed E-state index contributed by atoms with van der Waals surface area (Å²) in [5.74, 6) is 1.41. The zero-order chi connectivity index (χ0) is 25.8. The molecule has 2 amide bonds. The zero-order valence-corrected chi connectivity index (χ0v) is 21.1. The van der Waals surface area contributed by atoms with Gasteiger partial charge in [-0.2, -0.15) is 0 Å². The first-order valence-electron chi connectivity index (χ1n) is 11.5. The van der Waals surface area contributed by atoms with Gasteiger partial charge in [-0.3, -0.25) is 14.9 Å². The Morgan fingerprint density at radius 1 is 1.00 bits per heavy atom. The molecule has 1 unspecified atom stereocenters. The number of carbonyl (C=O) groups excluding carboxylic acids is 2. The van der Waals surface area contributed by atoms with Gasteiger partial charge in [-0.05, 0) is 47.7 Å². The number of amides is 2. The predicted octanol–water partition coefficient (Wildman–Crippen LogP) is 2.81. The van der Waals surface area contributed by atoms with E-state index < -0.39 is 6.04 Å². The molecule has 2 atom stereocenters. The fraction of sp³-hybridized carbons (Fsp3) is 0.423. The molecule has 9 heteroatoms. The van der Waals surface area contributed by atoms with Crippen LogP contribution >= 0.6 is 0 Å². The fourth-order valence-corrected chi connectivity index (χ4v) is 3.42. The topological polar surface area (TPSA) is 124 Å². The number of ether oxygens (including phenoxy) is 3. The molecule has 35 heavy (non-hydrogen) atoms. The van der Waals surface area contributed by atoms with Crippen molar-refractivity contribution in [1.29, 1.82) is 0 Å². The lowest BCUT2D eigenvalue weighted by Crippen LogP contribution is -2.41. The van der Waals surface area contributed by atoms with Gasteiger partial charge in [0.25, 0.3) is 0 Å². The number of hydrogen-bond acceptors (Lipinski definition) is 6. The Kier molecular flexibility index (Phi) is 10.9. The minimum absolute atomic E-state index is 0.0903. The van der Waals surface area contributed by atoms with Crippen LogP contribution in [0.15, 0.2) is 47.5 Å². The number of methoxy groups -OCH3 is 3. The van der Waals surface area contributed by atoms with Crippen molar-refractivity contribution in [2.75, 3.05) is 21.3 Å². The second-order valence-electron chi connectivity index (χ2n) is 8.26. The molecule has 0 fully saturated rings. The molecule has 190 valence electrons. The highest BCUT2D eigenvalue weighted by Gasteiger charge is 2.21. The van der Waals surface area contributed by atoms with Gasteiger partial charge in [0.1, 0.15) is 11.8 Å². The van der Waals surface area contributed by atoms with Crippen LogP contribution < -0.4 is 30.6 Å². The molecule has 4 N–H and O–H groups in total. The zero-order valence-electron chi connectivity index (χ0n) is 21.1. The lowest BCUT2D eigenvalue weighted by atomic mass is 9.99. The van der Waals surface area contributed by atoms with Crippen LogP contribution in [0.3, 0.4) is 0 Å². The van der Waals surface area contributed by atoms with E-state index in [9.17, 15) is 9.59 Å². The van der Waals surface area contributed by atoms with Crippen molar-refractivity contribution in [2.45, 2.75) is 45.7 Å². The molecule has 0 heterocycles. The minimum Gasteiger partial charge on any atom is -0.497 e. The summed E-state index contributed by atoms with van der Waals surface area (Å²) in [6.07, 6.45) is 1.49. The van der Waals surface area contributed by atoms with Crippen molar-refractivity contribution < 1.29 is 23.8 Å². The van der Waals surface area contributed by atoms with Gasteiger partial charge in [0.15, 0.2) is 17.5 Å². The van der Waals surface area contributed by atoms with Crippen molar-refractivity contribution in [1.82, 2.24) is 10.6 Å². The molecule has 0 aliphatic carbocycles. The maximum Gasteiger partial charge on any atom is 0.245 e. The van der Waals surface area contributed by atoms with Crippen molar-refractivity contribution in [3.05, 3.63) is 53.6 Å². The highest BCUT2D eigenvalue weighted by molar-refractivity contribution is 5.98. The van der Waals surface area contributed by atoms with Crippen LogP contribution in [0.4, 0.5) is 0 Å². The Hall–Kier alpha value is -3.75. The van der Waals surface area contributed by atoms with E-state index in [2.05, 4.69) is 15.6 Å². The van der Waals surface area contributed by atoms with Gasteiger partial charge < -0.3 is 25.3 Å². The van der Waals surface area contributed by atoms with E-state index in [4.69, 9.17) is 19.9 Å². The maximum absolute atomic E-state index is 13.0. The predicted molar refractivity (Wildman–Crippen MR) is 136 cm³/mol. The van der Waals surface area contributed by atoms with E-state index in [-0.39, 0.29) is 36.7 Å². The lowest BCUT2D eigenvalue weighted by molar-refractivity contribution is -0.123. The largest absolute Gasteiger partial charge is 0.497 e. The van der Waals surface area contributed by atoms with Gasteiger partial charge in [0.05, 0.1) is 27.8 Å². The van der Waals surface area contributed by atoms with E-state index in [0.717, 1.165) is 17.5 Å². The van der Waals surface area contributed by atoms with Crippen LogP contribution in [0.1, 0.15) is 37.8 Å². The summed E-state index contributed by atoms with van der Waals surface area (Å²) in [6.45, 7) is 4.38. The first-order valence-corrected chi connectivity index (χ1v) is 11.5. The van der Waals surface area contributed by atoms with E-state index >= 15 is 0 Å². The molecule has 0 saturated carbocycles. The molecule has 2 aromatic carbocycles. The van der Waals surface area contributed by atoms with E-state index in [1.165, 1.54) is 0 Å². The van der Waals surface area contributed by atoms with Gasteiger partial charge in [-0.1, -0.05) is 38.5 Å². The van der Waals surface area contributed by atoms with Crippen LogP contribution in [0.5, 0.6) is 17.2 Å². The number of guanidine groups is 1. The molecule has 0 spiro atoms. The fourth-order valence-electron chi connectivity index (χ4n) is 3.42. The Labute approximate surface area is 207 Å². The van der Waals surface area contributed by atoms with Crippen LogP contribution in [-0.2, 0) is 22.6 Å². The summed E-state index contributed by atoms with van der Waals surface area (Å²) in [7, 11) is 4.69. The summed E-state index contributed by atoms with van der Waals surface area (Å²) in [5, 5.41) is 5.49. The summed E-state index contributed by atoms with van der Waals surface area (Å²) in [5.41, 5.74) is 7.63. The van der Waals surface area contributed by atoms with Crippen molar-refractivity contribution >= 4 is 17.8 Å². The molecule has 2 aromatic rings. The normalized spacial score (nSPS) is 12.9. The summed E-state index contributed by atoms with van der Waals surface area (Å²) >= 11 is 0. The van der Waals surface area contributed by atoms with Crippen molar-refractivity contribution in [3.63, 3.8) is 0 Å². The molecule has 9 nitrogen and oxygen atoms in total. The number of aliphatic imine (C=N–C) groups is 1. The highest BCUT2D eigenvalue weighted by atomic mass is 16.5. The van der Waals surface area contributed by atoms with Gasteiger partial charge in [0.2, 0.25) is 11.8 Å². The van der Waals surface area contributed by atoms with Crippen LogP contribution in [0.2, 0.25) is 0 Å². The molecular weight excluding hydrogens is 448 g/mol. The molecule has 0 aliphatic heterocycles. The first-order chi connectivity index (χ1) is 16.8. The SMILES string of the molecule is CCC(C)C[C@@H](N=C(N)NC(=O)Cc1cccc(OC)c1)C(=O)NCc1ccc(OC)c(OC)c1. The molecule has 0 radical (unpaired) electrons. The quantitative estimate of drug-likeness (QED) is 0.314. The van der Waals surface area contributed by atoms with E-state index in [1.54, 1.807) is 45.6 Å². The average Bonchev–Trinajstić information content (AvgIpc) is 2.86. The molecule has 0 aliphatic rings. The van der Waals surface area contributed by atoms with Gasteiger partial charge in [-0.15, -0.1) is 0 Å².